The number of carboxylic acids is 1. The van der Waals surface area contributed by atoms with Crippen molar-refractivity contribution in [2.45, 2.75) is 32.2 Å². The fraction of sp³-hybridized carbons (Fsp3) is 0.333. The molecule has 1 aromatic heterocycles. The standard InChI is InChI=1S/C18H18ClNO5/c1-10-9-25-15(8-16(21)22)17(10)18(23)20-13-3-2-6-24-14-7-11(19)4-5-12(13)14/h4-5,7,9,13H,2-3,6,8H2,1H3,(H,20,23)(H,21,22). The van der Waals surface area contributed by atoms with Crippen molar-refractivity contribution in [1.82, 2.24) is 5.32 Å². The Morgan fingerprint density at radius 1 is 1.40 bits per heavy atom. The third kappa shape index (κ3) is 3.79. The number of furan rings is 1. The van der Waals surface area contributed by atoms with Gasteiger partial charge in [0.15, 0.2) is 0 Å². The smallest absolute Gasteiger partial charge is 0.311 e. The van der Waals surface area contributed by atoms with Crippen molar-refractivity contribution in [2.75, 3.05) is 6.61 Å². The molecule has 1 aliphatic rings. The van der Waals surface area contributed by atoms with Crippen LogP contribution in [-0.4, -0.2) is 23.6 Å². The Kier molecular flexibility index (Phi) is 4.99. The van der Waals surface area contributed by atoms with E-state index in [9.17, 15) is 9.59 Å². The number of aliphatic carboxylic acids is 1. The maximum Gasteiger partial charge on any atom is 0.311 e. The molecule has 1 atom stereocenters. The number of rotatable bonds is 4. The van der Waals surface area contributed by atoms with Gasteiger partial charge in [-0.1, -0.05) is 17.7 Å². The van der Waals surface area contributed by atoms with Gasteiger partial charge in [0.1, 0.15) is 17.9 Å². The van der Waals surface area contributed by atoms with Gasteiger partial charge in [0.25, 0.3) is 5.91 Å². The molecular weight excluding hydrogens is 346 g/mol. The molecule has 6 nitrogen and oxygen atoms in total. The van der Waals surface area contributed by atoms with Gasteiger partial charge in [-0.25, -0.2) is 0 Å². The second kappa shape index (κ2) is 7.19. The SMILES string of the molecule is Cc1coc(CC(=O)O)c1C(=O)NC1CCCOc2cc(Cl)ccc21. The summed E-state index contributed by atoms with van der Waals surface area (Å²) in [6.07, 6.45) is 2.56. The van der Waals surface area contributed by atoms with E-state index < -0.39 is 5.97 Å². The van der Waals surface area contributed by atoms with Gasteiger partial charge in [0.2, 0.25) is 0 Å². The van der Waals surface area contributed by atoms with Crippen LogP contribution in [0, 0.1) is 6.92 Å². The van der Waals surface area contributed by atoms with E-state index in [1.165, 1.54) is 6.26 Å². The zero-order chi connectivity index (χ0) is 18.0. The summed E-state index contributed by atoms with van der Waals surface area (Å²) in [5.41, 5.74) is 1.74. The molecule has 0 saturated heterocycles. The van der Waals surface area contributed by atoms with Crippen LogP contribution in [0.15, 0.2) is 28.9 Å². The van der Waals surface area contributed by atoms with Crippen LogP contribution in [-0.2, 0) is 11.2 Å². The Hall–Kier alpha value is -2.47. The van der Waals surface area contributed by atoms with E-state index in [1.54, 1.807) is 19.1 Å². The predicted octanol–water partition coefficient (Wildman–Crippen LogP) is 3.51. The predicted molar refractivity (Wildman–Crippen MR) is 91.2 cm³/mol. The summed E-state index contributed by atoms with van der Waals surface area (Å²) in [4.78, 5) is 23.7. The van der Waals surface area contributed by atoms with Crippen LogP contribution >= 0.6 is 11.6 Å². The number of benzene rings is 1. The molecular formula is C18H18ClNO5. The van der Waals surface area contributed by atoms with Gasteiger partial charge in [-0.05, 0) is 31.9 Å². The third-order valence-corrected chi connectivity index (χ3v) is 4.38. The highest BCUT2D eigenvalue weighted by Crippen LogP contribution is 2.34. The molecule has 1 unspecified atom stereocenters. The Labute approximate surface area is 149 Å². The lowest BCUT2D eigenvalue weighted by Crippen LogP contribution is -2.29. The second-order valence-corrected chi connectivity index (χ2v) is 6.42. The molecule has 2 heterocycles. The van der Waals surface area contributed by atoms with Crippen molar-refractivity contribution in [3.8, 4) is 5.75 Å². The molecule has 0 saturated carbocycles. The molecule has 2 aromatic rings. The summed E-state index contributed by atoms with van der Waals surface area (Å²) in [6.45, 7) is 2.27. The molecule has 1 aromatic carbocycles. The van der Waals surface area contributed by atoms with Crippen molar-refractivity contribution >= 4 is 23.5 Å². The summed E-state index contributed by atoms with van der Waals surface area (Å²) in [6, 6.07) is 5.09. The van der Waals surface area contributed by atoms with Crippen LogP contribution in [0.1, 0.15) is 46.1 Å². The number of halogens is 1. The van der Waals surface area contributed by atoms with E-state index in [2.05, 4.69) is 5.32 Å². The molecule has 25 heavy (non-hydrogen) atoms. The average Bonchev–Trinajstić information content (AvgIpc) is 2.78. The Morgan fingerprint density at radius 3 is 2.96 bits per heavy atom. The molecule has 0 radical (unpaired) electrons. The number of carboxylic acid groups (broad SMARTS) is 1. The maximum atomic E-state index is 12.8. The number of hydrogen-bond acceptors (Lipinski definition) is 4. The third-order valence-electron chi connectivity index (χ3n) is 4.14. The fourth-order valence-electron chi connectivity index (χ4n) is 3.00. The van der Waals surface area contributed by atoms with Crippen molar-refractivity contribution < 1.29 is 23.8 Å². The van der Waals surface area contributed by atoms with Crippen LogP contribution in [0.4, 0.5) is 0 Å². The first-order chi connectivity index (χ1) is 12.0. The van der Waals surface area contributed by atoms with Crippen LogP contribution in [0.3, 0.4) is 0 Å². The number of nitrogens with one attached hydrogen (secondary N) is 1. The topological polar surface area (TPSA) is 88.8 Å². The molecule has 7 heteroatoms. The highest BCUT2D eigenvalue weighted by molar-refractivity contribution is 6.30. The van der Waals surface area contributed by atoms with Gasteiger partial charge in [0.05, 0.1) is 24.5 Å². The molecule has 0 spiro atoms. The molecule has 1 amide bonds. The number of amides is 1. The van der Waals surface area contributed by atoms with Gasteiger partial charge in [-0.2, -0.15) is 0 Å². The quantitative estimate of drug-likeness (QED) is 0.867. The van der Waals surface area contributed by atoms with Crippen molar-refractivity contribution in [3.05, 3.63) is 51.9 Å². The normalized spacial score (nSPS) is 16.5. The van der Waals surface area contributed by atoms with Gasteiger partial charge < -0.3 is 19.6 Å². The lowest BCUT2D eigenvalue weighted by Gasteiger charge is -2.19. The number of carbonyl (C=O) groups excluding carboxylic acids is 1. The molecule has 1 aliphatic heterocycles. The van der Waals surface area contributed by atoms with Crippen LogP contribution in [0.2, 0.25) is 5.02 Å². The Morgan fingerprint density at radius 2 is 2.20 bits per heavy atom. The minimum atomic E-state index is -1.05. The van der Waals surface area contributed by atoms with E-state index in [-0.39, 0.29) is 29.7 Å². The number of hydrogen-bond donors (Lipinski definition) is 2. The van der Waals surface area contributed by atoms with Crippen LogP contribution in [0.25, 0.3) is 0 Å². The van der Waals surface area contributed by atoms with Crippen LogP contribution in [0.5, 0.6) is 5.75 Å². The average molecular weight is 364 g/mol. The maximum absolute atomic E-state index is 12.8. The number of aryl methyl sites for hydroxylation is 1. The van der Waals surface area contributed by atoms with Crippen molar-refractivity contribution in [2.24, 2.45) is 0 Å². The highest BCUT2D eigenvalue weighted by atomic mass is 35.5. The first-order valence-electron chi connectivity index (χ1n) is 7.97. The zero-order valence-electron chi connectivity index (χ0n) is 13.7. The van der Waals surface area contributed by atoms with E-state index >= 15 is 0 Å². The van der Waals surface area contributed by atoms with Gasteiger partial charge in [-0.3, -0.25) is 9.59 Å². The first kappa shape index (κ1) is 17.4. The number of carbonyl (C=O) groups is 2. The van der Waals surface area contributed by atoms with Gasteiger partial charge in [0, 0.05) is 16.1 Å². The summed E-state index contributed by atoms with van der Waals surface area (Å²) in [5, 5.41) is 12.5. The summed E-state index contributed by atoms with van der Waals surface area (Å²) in [5.74, 6) is -0.588. The first-order valence-corrected chi connectivity index (χ1v) is 8.35. The molecule has 0 fully saturated rings. The molecule has 132 valence electrons. The summed E-state index contributed by atoms with van der Waals surface area (Å²) < 4.78 is 10.9. The minimum Gasteiger partial charge on any atom is -0.493 e. The monoisotopic (exact) mass is 363 g/mol. The van der Waals surface area contributed by atoms with Crippen LogP contribution < -0.4 is 10.1 Å². The minimum absolute atomic E-state index is 0.156. The van der Waals surface area contributed by atoms with E-state index in [1.807, 2.05) is 6.07 Å². The van der Waals surface area contributed by atoms with Crippen molar-refractivity contribution in [3.63, 3.8) is 0 Å². The van der Waals surface area contributed by atoms with Crippen molar-refractivity contribution in [1.29, 1.82) is 0 Å². The molecule has 3 rings (SSSR count). The van der Waals surface area contributed by atoms with Gasteiger partial charge >= 0.3 is 5.97 Å². The van der Waals surface area contributed by atoms with E-state index in [4.69, 9.17) is 25.9 Å². The number of ether oxygens (including phenoxy) is 1. The molecule has 2 N–H and O–H groups in total. The summed E-state index contributed by atoms with van der Waals surface area (Å²) >= 11 is 6.02. The zero-order valence-corrected chi connectivity index (χ0v) is 14.4. The number of fused-ring (bicyclic) bond motifs is 1. The van der Waals surface area contributed by atoms with E-state index in [0.717, 1.165) is 12.0 Å². The lowest BCUT2D eigenvalue weighted by atomic mass is 10.0. The highest BCUT2D eigenvalue weighted by Gasteiger charge is 2.26. The Bertz CT molecular complexity index is 814. The largest absolute Gasteiger partial charge is 0.493 e. The van der Waals surface area contributed by atoms with Gasteiger partial charge in [-0.15, -0.1) is 0 Å². The lowest BCUT2D eigenvalue weighted by molar-refractivity contribution is -0.136. The molecule has 0 aliphatic carbocycles. The van der Waals surface area contributed by atoms with E-state index in [0.29, 0.717) is 29.4 Å². The second-order valence-electron chi connectivity index (χ2n) is 5.99. The fourth-order valence-corrected chi connectivity index (χ4v) is 3.16. The molecule has 0 bridgehead atoms. The summed E-state index contributed by atoms with van der Waals surface area (Å²) in [7, 11) is 0. The Balaban J connectivity index is 1.87.